The van der Waals surface area contributed by atoms with Gasteiger partial charge in [0.15, 0.2) is 0 Å². The van der Waals surface area contributed by atoms with Crippen LogP contribution in [0.3, 0.4) is 0 Å². The van der Waals surface area contributed by atoms with Crippen LogP contribution in [0.15, 0.2) is 29.2 Å². The second-order valence-electron chi connectivity index (χ2n) is 7.04. The van der Waals surface area contributed by atoms with Gasteiger partial charge in [0.1, 0.15) is 0 Å². The Morgan fingerprint density at radius 2 is 1.62 bits per heavy atom. The first-order valence-corrected chi connectivity index (χ1v) is 11.3. The number of nitrogens with one attached hydrogen (secondary N) is 1. The standard InChI is InChI=1S/C20H32N2O3S/c1-3-18(4-2)21-20(23)14-11-17-9-12-19(13-10-17)26(24,25)22-15-7-5-6-8-16-22/h9-10,12-13,18H,3-8,11,14-16H2,1-2H3,(H,21,23). The molecule has 0 atom stereocenters. The normalized spacial score (nSPS) is 16.4. The van der Waals surface area contributed by atoms with E-state index in [2.05, 4.69) is 19.2 Å². The second-order valence-corrected chi connectivity index (χ2v) is 8.98. The van der Waals surface area contributed by atoms with Crippen LogP contribution in [-0.4, -0.2) is 37.8 Å². The first-order chi connectivity index (χ1) is 12.5. The lowest BCUT2D eigenvalue weighted by molar-refractivity contribution is -0.121. The molecule has 0 radical (unpaired) electrons. The number of nitrogens with zero attached hydrogens (tertiary/aromatic N) is 1. The van der Waals surface area contributed by atoms with Crippen LogP contribution >= 0.6 is 0 Å². The Hall–Kier alpha value is -1.40. The number of sulfonamides is 1. The van der Waals surface area contributed by atoms with Gasteiger partial charge in [-0.15, -0.1) is 0 Å². The van der Waals surface area contributed by atoms with Crippen molar-refractivity contribution in [1.29, 1.82) is 0 Å². The van der Waals surface area contributed by atoms with Crippen molar-refractivity contribution >= 4 is 15.9 Å². The molecule has 146 valence electrons. The molecular formula is C20H32N2O3S. The van der Waals surface area contributed by atoms with Gasteiger partial charge >= 0.3 is 0 Å². The largest absolute Gasteiger partial charge is 0.353 e. The maximum atomic E-state index is 12.8. The third kappa shape index (κ3) is 5.81. The molecule has 1 aliphatic heterocycles. The third-order valence-corrected chi connectivity index (χ3v) is 7.03. The molecule has 1 fully saturated rings. The van der Waals surface area contributed by atoms with Gasteiger partial charge in [-0.25, -0.2) is 8.42 Å². The maximum absolute atomic E-state index is 12.8. The molecule has 1 saturated heterocycles. The highest BCUT2D eigenvalue weighted by molar-refractivity contribution is 7.89. The van der Waals surface area contributed by atoms with Crippen molar-refractivity contribution < 1.29 is 13.2 Å². The maximum Gasteiger partial charge on any atom is 0.243 e. The first-order valence-electron chi connectivity index (χ1n) is 9.85. The number of aryl methyl sites for hydroxylation is 1. The number of rotatable bonds is 8. The molecule has 0 aliphatic carbocycles. The van der Waals surface area contributed by atoms with Crippen LogP contribution in [0.5, 0.6) is 0 Å². The predicted molar refractivity (Wildman–Crippen MR) is 105 cm³/mol. The summed E-state index contributed by atoms with van der Waals surface area (Å²) in [6.07, 6.45) is 6.99. The fourth-order valence-electron chi connectivity index (χ4n) is 3.31. The minimum Gasteiger partial charge on any atom is -0.353 e. The lowest BCUT2D eigenvalue weighted by atomic mass is 10.1. The van der Waals surface area contributed by atoms with E-state index < -0.39 is 10.0 Å². The van der Waals surface area contributed by atoms with Gasteiger partial charge in [-0.2, -0.15) is 4.31 Å². The summed E-state index contributed by atoms with van der Waals surface area (Å²) in [5.74, 6) is 0.0555. The molecule has 1 aromatic carbocycles. The van der Waals surface area contributed by atoms with Gasteiger partial charge < -0.3 is 5.32 Å². The Morgan fingerprint density at radius 3 is 2.15 bits per heavy atom. The summed E-state index contributed by atoms with van der Waals surface area (Å²) < 4.78 is 27.1. The lowest BCUT2D eigenvalue weighted by Gasteiger charge is -2.20. The molecule has 0 unspecified atom stereocenters. The van der Waals surface area contributed by atoms with Crippen molar-refractivity contribution in [2.24, 2.45) is 0 Å². The predicted octanol–water partition coefficient (Wildman–Crippen LogP) is 3.49. The van der Waals surface area contributed by atoms with E-state index in [4.69, 9.17) is 0 Å². The average Bonchev–Trinajstić information content (AvgIpc) is 2.95. The van der Waals surface area contributed by atoms with Crippen molar-refractivity contribution in [2.75, 3.05) is 13.1 Å². The van der Waals surface area contributed by atoms with Crippen LogP contribution in [0, 0.1) is 0 Å². The highest BCUT2D eigenvalue weighted by Crippen LogP contribution is 2.21. The summed E-state index contributed by atoms with van der Waals surface area (Å²) in [7, 11) is -3.40. The molecule has 0 bridgehead atoms. The van der Waals surface area contributed by atoms with Crippen LogP contribution in [0.1, 0.15) is 64.4 Å². The van der Waals surface area contributed by atoms with E-state index in [9.17, 15) is 13.2 Å². The summed E-state index contributed by atoms with van der Waals surface area (Å²) in [6.45, 7) is 5.36. The van der Waals surface area contributed by atoms with E-state index >= 15 is 0 Å². The Morgan fingerprint density at radius 1 is 1.04 bits per heavy atom. The summed E-state index contributed by atoms with van der Waals surface area (Å²) in [5.41, 5.74) is 0.986. The minimum absolute atomic E-state index is 0.0555. The Kier molecular flexibility index (Phi) is 8.10. The van der Waals surface area contributed by atoms with Gasteiger partial charge in [-0.3, -0.25) is 4.79 Å². The first kappa shape index (κ1) is 20.9. The van der Waals surface area contributed by atoms with Crippen LogP contribution in [-0.2, 0) is 21.2 Å². The van der Waals surface area contributed by atoms with Crippen LogP contribution in [0.25, 0.3) is 0 Å². The van der Waals surface area contributed by atoms with E-state index in [1.165, 1.54) is 0 Å². The highest BCUT2D eigenvalue weighted by atomic mass is 32.2. The number of hydrogen-bond donors (Lipinski definition) is 1. The smallest absolute Gasteiger partial charge is 0.243 e. The van der Waals surface area contributed by atoms with Crippen LogP contribution in [0.2, 0.25) is 0 Å². The van der Waals surface area contributed by atoms with Gasteiger partial charge in [0.05, 0.1) is 4.90 Å². The van der Waals surface area contributed by atoms with Crippen molar-refractivity contribution in [2.45, 2.75) is 76.2 Å². The van der Waals surface area contributed by atoms with Crippen molar-refractivity contribution in [3.63, 3.8) is 0 Å². The molecular weight excluding hydrogens is 348 g/mol. The molecule has 1 amide bonds. The molecule has 6 heteroatoms. The molecule has 1 aliphatic rings. The zero-order valence-electron chi connectivity index (χ0n) is 16.0. The molecule has 0 saturated carbocycles. The van der Waals surface area contributed by atoms with Crippen LogP contribution in [0.4, 0.5) is 0 Å². The number of carbonyl (C=O) groups is 1. The van der Waals surface area contributed by atoms with E-state index in [0.717, 1.165) is 44.1 Å². The van der Waals surface area contributed by atoms with Crippen molar-refractivity contribution in [1.82, 2.24) is 9.62 Å². The van der Waals surface area contributed by atoms with Gasteiger partial charge in [-0.1, -0.05) is 38.8 Å². The molecule has 1 aromatic rings. The van der Waals surface area contributed by atoms with Gasteiger partial charge in [-0.05, 0) is 49.8 Å². The highest BCUT2D eigenvalue weighted by Gasteiger charge is 2.24. The molecule has 2 rings (SSSR count). The minimum atomic E-state index is -3.40. The SMILES string of the molecule is CCC(CC)NC(=O)CCc1ccc(S(=O)(=O)N2CCCCCC2)cc1. The summed E-state index contributed by atoms with van der Waals surface area (Å²) >= 11 is 0. The fourth-order valence-corrected chi connectivity index (χ4v) is 4.83. The topological polar surface area (TPSA) is 66.5 Å². The summed E-state index contributed by atoms with van der Waals surface area (Å²) in [4.78, 5) is 12.3. The zero-order chi connectivity index (χ0) is 19.0. The molecule has 26 heavy (non-hydrogen) atoms. The second kappa shape index (κ2) is 10.1. The number of amides is 1. The number of carbonyl (C=O) groups excluding carboxylic acids is 1. The zero-order valence-corrected chi connectivity index (χ0v) is 16.9. The lowest BCUT2D eigenvalue weighted by Crippen LogP contribution is -2.33. The summed E-state index contributed by atoms with van der Waals surface area (Å²) in [5, 5.41) is 3.03. The van der Waals surface area contributed by atoms with Crippen molar-refractivity contribution in [3.8, 4) is 0 Å². The average molecular weight is 381 g/mol. The van der Waals surface area contributed by atoms with Crippen molar-refractivity contribution in [3.05, 3.63) is 29.8 Å². The van der Waals surface area contributed by atoms with E-state index in [0.29, 0.717) is 30.8 Å². The number of hydrogen-bond acceptors (Lipinski definition) is 3. The van der Waals surface area contributed by atoms with Gasteiger partial charge in [0, 0.05) is 25.6 Å². The monoisotopic (exact) mass is 380 g/mol. The van der Waals surface area contributed by atoms with E-state index in [1.807, 2.05) is 12.1 Å². The summed E-state index contributed by atoms with van der Waals surface area (Å²) in [6, 6.07) is 7.25. The molecule has 5 nitrogen and oxygen atoms in total. The van der Waals surface area contributed by atoms with Gasteiger partial charge in [0.25, 0.3) is 0 Å². The fraction of sp³-hybridized carbons (Fsp3) is 0.650. The van der Waals surface area contributed by atoms with E-state index in [-0.39, 0.29) is 11.9 Å². The van der Waals surface area contributed by atoms with Gasteiger partial charge in [0.2, 0.25) is 15.9 Å². The van der Waals surface area contributed by atoms with E-state index in [1.54, 1.807) is 16.4 Å². The Bertz CT molecular complexity index is 659. The molecule has 1 N–H and O–H groups in total. The third-order valence-electron chi connectivity index (χ3n) is 5.12. The number of benzene rings is 1. The molecule has 0 aromatic heterocycles. The molecule has 0 spiro atoms. The molecule has 1 heterocycles. The quantitative estimate of drug-likeness (QED) is 0.751. The van der Waals surface area contributed by atoms with Crippen LogP contribution < -0.4 is 5.32 Å². The Labute approximate surface area is 158 Å². The Balaban J connectivity index is 1.94.